The van der Waals surface area contributed by atoms with Crippen molar-refractivity contribution < 1.29 is 19.0 Å². The highest BCUT2D eigenvalue weighted by molar-refractivity contribution is 14.1. The Morgan fingerprint density at radius 3 is 2.59 bits per heavy atom. The fraction of sp³-hybridized carbons (Fsp3) is 0.120. The molecule has 0 unspecified atom stereocenters. The minimum atomic E-state index is -0.489. The molecular weight excluding hydrogens is 839 g/mol. The van der Waals surface area contributed by atoms with Crippen LogP contribution in [0.5, 0.6) is 11.5 Å². The number of hydrogen-bond acceptors (Lipinski definition) is 5. The zero-order chi connectivity index (χ0) is 24.2. The Bertz CT molecular complexity index is 1320. The van der Waals surface area contributed by atoms with Gasteiger partial charge in [-0.05, 0) is 150 Å². The number of esters is 1. The Morgan fingerprint density at radius 2 is 1.85 bits per heavy atom. The molecule has 1 heterocycles. The molecule has 4 rings (SSSR count). The maximum atomic E-state index is 12.5. The van der Waals surface area contributed by atoms with Gasteiger partial charge < -0.3 is 14.2 Å². The Hall–Kier alpha value is -1.19. The molecule has 0 bridgehead atoms. The molecule has 3 aromatic carbocycles. The quantitative estimate of drug-likeness (QED) is 0.140. The summed E-state index contributed by atoms with van der Waals surface area (Å²) >= 11 is 10.2. The average Bonchev–Trinajstić information content (AvgIpc) is 3.15. The fourth-order valence-electron chi connectivity index (χ4n) is 3.18. The van der Waals surface area contributed by atoms with Gasteiger partial charge in [-0.2, -0.15) is 0 Å². The van der Waals surface area contributed by atoms with Gasteiger partial charge in [0.1, 0.15) is 6.61 Å². The van der Waals surface area contributed by atoms with Crippen LogP contribution in [0.4, 0.5) is 0 Å². The molecule has 174 valence electrons. The molecule has 0 saturated heterocycles. The molecule has 34 heavy (non-hydrogen) atoms. The molecule has 0 spiro atoms. The largest absolute Gasteiger partial charge is 0.490 e. The normalized spacial score (nSPS) is 14.2. The molecular formula is C25H17BrI3NO4. The molecule has 0 radical (unpaired) electrons. The Balaban J connectivity index is 1.61. The summed E-state index contributed by atoms with van der Waals surface area (Å²) in [4.78, 5) is 16.9. The van der Waals surface area contributed by atoms with Crippen molar-refractivity contribution in [2.45, 2.75) is 13.5 Å². The summed E-state index contributed by atoms with van der Waals surface area (Å²) in [5.41, 5.74) is 2.81. The van der Waals surface area contributed by atoms with Crippen LogP contribution in [0, 0.1) is 10.7 Å². The number of halogens is 4. The van der Waals surface area contributed by atoms with Gasteiger partial charge in [0.2, 0.25) is 5.90 Å². The van der Waals surface area contributed by atoms with Crippen LogP contribution in [0.25, 0.3) is 6.08 Å². The topological polar surface area (TPSA) is 57.1 Å². The molecule has 3 aromatic rings. The van der Waals surface area contributed by atoms with E-state index in [1.54, 1.807) is 6.08 Å². The number of hydrogen-bond donors (Lipinski definition) is 0. The van der Waals surface area contributed by atoms with E-state index >= 15 is 0 Å². The summed E-state index contributed by atoms with van der Waals surface area (Å²) in [7, 11) is 0. The second-order valence-corrected chi connectivity index (χ2v) is 11.6. The van der Waals surface area contributed by atoms with Crippen molar-refractivity contribution in [3.05, 3.63) is 92.2 Å². The minimum absolute atomic E-state index is 0.232. The van der Waals surface area contributed by atoms with E-state index in [0.717, 1.165) is 31.9 Å². The van der Waals surface area contributed by atoms with Gasteiger partial charge in [-0.3, -0.25) is 0 Å². The number of benzene rings is 3. The van der Waals surface area contributed by atoms with Crippen LogP contribution < -0.4 is 9.47 Å². The predicted octanol–water partition coefficient (Wildman–Crippen LogP) is 7.59. The summed E-state index contributed by atoms with van der Waals surface area (Å²) < 4.78 is 21.4. The first-order chi connectivity index (χ1) is 16.3. The molecule has 0 amide bonds. The van der Waals surface area contributed by atoms with Crippen molar-refractivity contribution in [3.8, 4) is 11.5 Å². The maximum absolute atomic E-state index is 12.5. The molecule has 0 fully saturated rings. The lowest BCUT2D eigenvalue weighted by Gasteiger charge is -2.15. The summed E-state index contributed by atoms with van der Waals surface area (Å²) in [5.74, 6) is 1.08. The van der Waals surface area contributed by atoms with Crippen LogP contribution in [0.1, 0.15) is 23.6 Å². The molecule has 0 atom stereocenters. The van der Waals surface area contributed by atoms with Gasteiger partial charge in [0.05, 0.1) is 10.2 Å². The van der Waals surface area contributed by atoms with E-state index in [9.17, 15) is 4.79 Å². The molecule has 0 aromatic heterocycles. The lowest BCUT2D eigenvalue weighted by molar-refractivity contribution is -0.129. The van der Waals surface area contributed by atoms with Crippen LogP contribution in [-0.2, 0) is 16.1 Å². The Labute approximate surface area is 246 Å². The highest BCUT2D eigenvalue weighted by Gasteiger charge is 2.25. The van der Waals surface area contributed by atoms with Gasteiger partial charge in [0, 0.05) is 17.2 Å². The standard InChI is InChI=1S/C25H17BrI3NO4/c1-2-32-22-11-15(9-20(29)23(22)33-13-14-4-3-5-17(27)8-14)10-21-25(31)34-24(30-21)16-6-7-19(28)18(26)12-16/h3-12H,2,13H2,1H3/b21-10-. The number of carbonyl (C=O) groups excluding carboxylic acids is 1. The number of cyclic esters (lactones) is 1. The van der Waals surface area contributed by atoms with Gasteiger partial charge in [0.25, 0.3) is 0 Å². The smallest absolute Gasteiger partial charge is 0.363 e. The van der Waals surface area contributed by atoms with Gasteiger partial charge in [0.15, 0.2) is 17.2 Å². The van der Waals surface area contributed by atoms with Crippen molar-refractivity contribution in [1.82, 2.24) is 0 Å². The minimum Gasteiger partial charge on any atom is -0.490 e. The molecule has 0 N–H and O–H groups in total. The molecule has 0 saturated carbocycles. The average molecular weight is 856 g/mol. The number of rotatable bonds is 7. The number of ether oxygens (including phenoxy) is 3. The van der Waals surface area contributed by atoms with Crippen LogP contribution in [0.2, 0.25) is 0 Å². The van der Waals surface area contributed by atoms with E-state index in [4.69, 9.17) is 14.2 Å². The van der Waals surface area contributed by atoms with Crippen LogP contribution in [0.3, 0.4) is 0 Å². The first kappa shape index (κ1) is 25.9. The van der Waals surface area contributed by atoms with Crippen molar-refractivity contribution in [2.24, 2.45) is 4.99 Å². The maximum Gasteiger partial charge on any atom is 0.363 e. The SMILES string of the molecule is CCOc1cc(/C=C2\N=C(c3ccc(I)c(Br)c3)OC2=O)cc(I)c1OCc1cccc(I)c1. The monoisotopic (exact) mass is 855 g/mol. The summed E-state index contributed by atoms with van der Waals surface area (Å²) in [6, 6.07) is 17.6. The van der Waals surface area contributed by atoms with E-state index in [2.05, 4.69) is 94.8 Å². The second kappa shape index (κ2) is 11.7. The van der Waals surface area contributed by atoms with E-state index < -0.39 is 5.97 Å². The molecule has 0 aliphatic carbocycles. The van der Waals surface area contributed by atoms with Crippen molar-refractivity contribution in [2.75, 3.05) is 6.61 Å². The van der Waals surface area contributed by atoms with Crippen LogP contribution >= 0.6 is 83.7 Å². The van der Waals surface area contributed by atoms with E-state index in [1.807, 2.05) is 55.5 Å². The molecule has 1 aliphatic rings. The Morgan fingerprint density at radius 1 is 1.03 bits per heavy atom. The lowest BCUT2D eigenvalue weighted by atomic mass is 10.1. The predicted molar refractivity (Wildman–Crippen MR) is 161 cm³/mol. The van der Waals surface area contributed by atoms with Crippen LogP contribution in [0.15, 0.2) is 69.8 Å². The highest BCUT2D eigenvalue weighted by Crippen LogP contribution is 2.36. The zero-order valence-electron chi connectivity index (χ0n) is 17.8. The number of carbonyl (C=O) groups is 1. The lowest BCUT2D eigenvalue weighted by Crippen LogP contribution is -2.05. The Kier molecular flexibility index (Phi) is 8.91. The van der Waals surface area contributed by atoms with Gasteiger partial charge in [-0.15, -0.1) is 0 Å². The third-order valence-electron chi connectivity index (χ3n) is 4.69. The highest BCUT2D eigenvalue weighted by atomic mass is 127. The van der Waals surface area contributed by atoms with Gasteiger partial charge in [-0.1, -0.05) is 12.1 Å². The molecule has 5 nitrogen and oxygen atoms in total. The van der Waals surface area contributed by atoms with E-state index in [1.165, 1.54) is 0 Å². The first-order valence-electron chi connectivity index (χ1n) is 10.2. The van der Waals surface area contributed by atoms with Gasteiger partial charge in [-0.25, -0.2) is 9.79 Å². The van der Waals surface area contributed by atoms with Gasteiger partial charge >= 0.3 is 5.97 Å². The number of aliphatic imine (C=N–C) groups is 1. The fourth-order valence-corrected chi connectivity index (χ4v) is 5.28. The first-order valence-corrected chi connectivity index (χ1v) is 14.2. The number of nitrogens with zero attached hydrogens (tertiary/aromatic N) is 1. The van der Waals surface area contributed by atoms with Crippen LogP contribution in [-0.4, -0.2) is 18.5 Å². The second-order valence-electron chi connectivity index (χ2n) is 7.15. The van der Waals surface area contributed by atoms with Crippen molar-refractivity contribution in [3.63, 3.8) is 0 Å². The summed E-state index contributed by atoms with van der Waals surface area (Å²) in [5, 5.41) is 0. The van der Waals surface area contributed by atoms with Crippen molar-refractivity contribution >= 4 is 102 Å². The molecule has 1 aliphatic heterocycles. The summed E-state index contributed by atoms with van der Waals surface area (Å²) in [6.45, 7) is 2.84. The third kappa shape index (κ3) is 6.32. The zero-order valence-corrected chi connectivity index (χ0v) is 25.8. The van der Waals surface area contributed by atoms with Crippen molar-refractivity contribution in [1.29, 1.82) is 0 Å². The third-order valence-corrected chi connectivity index (χ3v) is 8.50. The molecule has 9 heteroatoms. The summed E-state index contributed by atoms with van der Waals surface area (Å²) in [6.07, 6.45) is 1.70. The van der Waals surface area contributed by atoms with E-state index in [-0.39, 0.29) is 11.6 Å². The van der Waals surface area contributed by atoms with E-state index in [0.29, 0.717) is 24.7 Å².